The molecule has 0 radical (unpaired) electrons. The van der Waals surface area contributed by atoms with Gasteiger partial charge in [0.2, 0.25) is 0 Å². The van der Waals surface area contributed by atoms with Gasteiger partial charge in [0.1, 0.15) is 0 Å². The van der Waals surface area contributed by atoms with Crippen LogP contribution in [0.25, 0.3) is 0 Å². The van der Waals surface area contributed by atoms with Crippen LogP contribution in [-0.2, 0) is 0 Å². The topological polar surface area (TPSA) is 32.5 Å². The van der Waals surface area contributed by atoms with Gasteiger partial charge in [-0.15, -0.1) is 0 Å². The minimum absolute atomic E-state index is 0.847. The first-order valence-electron chi connectivity index (χ1n) is 7.48. The molecule has 2 N–H and O–H groups in total. The highest BCUT2D eigenvalue weighted by molar-refractivity contribution is 5.53. The van der Waals surface area contributed by atoms with E-state index >= 15 is 0 Å². The minimum Gasteiger partial charge on any atom is -0.399 e. The molecule has 1 aliphatic rings. The summed E-state index contributed by atoms with van der Waals surface area (Å²) < 4.78 is 0. The number of piperidine rings is 1. The van der Waals surface area contributed by atoms with Crippen LogP contribution >= 0.6 is 0 Å². The van der Waals surface area contributed by atoms with Crippen molar-refractivity contribution in [2.24, 2.45) is 5.92 Å². The van der Waals surface area contributed by atoms with Crippen molar-refractivity contribution < 1.29 is 0 Å². The second-order valence-corrected chi connectivity index (χ2v) is 5.78. The molecular weight excluding hydrogens is 234 g/mol. The summed E-state index contributed by atoms with van der Waals surface area (Å²) >= 11 is 0. The molecule has 3 nitrogen and oxygen atoms in total. The van der Waals surface area contributed by atoms with Crippen LogP contribution < -0.4 is 10.6 Å². The van der Waals surface area contributed by atoms with E-state index in [2.05, 4.69) is 35.9 Å². The largest absolute Gasteiger partial charge is 0.399 e. The van der Waals surface area contributed by atoms with E-state index in [-0.39, 0.29) is 0 Å². The van der Waals surface area contributed by atoms with Crippen molar-refractivity contribution in [1.82, 2.24) is 4.90 Å². The normalized spacial score (nSPS) is 17.1. The Morgan fingerprint density at radius 1 is 1.21 bits per heavy atom. The van der Waals surface area contributed by atoms with Crippen molar-refractivity contribution in [1.29, 1.82) is 0 Å². The predicted molar refractivity (Wildman–Crippen MR) is 83.6 cm³/mol. The van der Waals surface area contributed by atoms with Crippen molar-refractivity contribution in [3.63, 3.8) is 0 Å². The molecule has 0 amide bonds. The van der Waals surface area contributed by atoms with Crippen LogP contribution in [0.15, 0.2) is 24.3 Å². The fourth-order valence-electron chi connectivity index (χ4n) is 2.97. The first-order chi connectivity index (χ1) is 9.19. The van der Waals surface area contributed by atoms with Crippen LogP contribution in [0.2, 0.25) is 0 Å². The molecule has 19 heavy (non-hydrogen) atoms. The highest BCUT2D eigenvalue weighted by Crippen LogP contribution is 2.24. The molecule has 3 heteroatoms. The Balaban J connectivity index is 1.80. The molecule has 0 spiro atoms. The molecule has 1 aromatic carbocycles. The van der Waals surface area contributed by atoms with Crippen molar-refractivity contribution in [2.45, 2.75) is 26.2 Å². The number of nitrogen functional groups attached to an aromatic ring is 1. The third-order valence-corrected chi connectivity index (χ3v) is 4.05. The highest BCUT2D eigenvalue weighted by atomic mass is 15.1. The first-order valence-corrected chi connectivity index (χ1v) is 7.48. The van der Waals surface area contributed by atoms with Gasteiger partial charge >= 0.3 is 0 Å². The van der Waals surface area contributed by atoms with Gasteiger partial charge in [0, 0.05) is 31.0 Å². The minimum atomic E-state index is 0.847. The fourth-order valence-corrected chi connectivity index (χ4v) is 2.97. The van der Waals surface area contributed by atoms with Gasteiger partial charge in [-0.2, -0.15) is 0 Å². The molecule has 0 atom stereocenters. The summed E-state index contributed by atoms with van der Waals surface area (Å²) in [5.41, 5.74) is 7.90. The molecule has 0 aliphatic carbocycles. The van der Waals surface area contributed by atoms with Gasteiger partial charge in [0.05, 0.1) is 0 Å². The van der Waals surface area contributed by atoms with Gasteiger partial charge in [-0.05, 0) is 63.0 Å². The molecule has 1 fully saturated rings. The Bertz CT molecular complexity index is 366. The van der Waals surface area contributed by atoms with Crippen molar-refractivity contribution in [3.05, 3.63) is 24.3 Å². The molecule has 0 bridgehead atoms. The van der Waals surface area contributed by atoms with E-state index in [1.807, 2.05) is 12.1 Å². The number of hydrogen-bond donors (Lipinski definition) is 1. The molecule has 0 saturated carbocycles. The lowest BCUT2D eigenvalue weighted by Crippen LogP contribution is -2.38. The summed E-state index contributed by atoms with van der Waals surface area (Å²) in [6, 6.07) is 8.27. The zero-order chi connectivity index (χ0) is 13.7. The molecule has 1 saturated heterocycles. The van der Waals surface area contributed by atoms with E-state index in [0.29, 0.717) is 0 Å². The average molecular weight is 261 g/mol. The van der Waals surface area contributed by atoms with Crippen LogP contribution in [0, 0.1) is 5.92 Å². The molecule has 1 aliphatic heterocycles. The zero-order valence-electron chi connectivity index (χ0n) is 12.3. The number of hydrogen-bond acceptors (Lipinski definition) is 3. The second-order valence-electron chi connectivity index (χ2n) is 5.78. The van der Waals surface area contributed by atoms with E-state index in [0.717, 1.165) is 11.6 Å². The molecule has 0 unspecified atom stereocenters. The van der Waals surface area contributed by atoms with Crippen LogP contribution in [0.1, 0.15) is 26.2 Å². The highest BCUT2D eigenvalue weighted by Gasteiger charge is 2.20. The van der Waals surface area contributed by atoms with E-state index in [4.69, 9.17) is 5.73 Å². The summed E-state index contributed by atoms with van der Waals surface area (Å²) in [7, 11) is 2.25. The van der Waals surface area contributed by atoms with Gasteiger partial charge in [-0.25, -0.2) is 0 Å². The molecule has 1 heterocycles. The van der Waals surface area contributed by atoms with Crippen LogP contribution in [0.4, 0.5) is 11.4 Å². The second kappa shape index (κ2) is 6.80. The number of nitrogens with two attached hydrogens (primary N) is 1. The zero-order valence-corrected chi connectivity index (χ0v) is 12.3. The number of nitrogens with zero attached hydrogens (tertiary/aromatic N) is 2. The quantitative estimate of drug-likeness (QED) is 0.827. The maximum Gasteiger partial charge on any atom is 0.0367 e. The summed E-state index contributed by atoms with van der Waals surface area (Å²) in [5, 5.41) is 0. The molecule has 2 rings (SSSR count). The van der Waals surface area contributed by atoms with Gasteiger partial charge in [0.25, 0.3) is 0 Å². The number of benzene rings is 1. The van der Waals surface area contributed by atoms with Crippen LogP contribution in [-0.4, -0.2) is 38.1 Å². The Morgan fingerprint density at radius 2 is 1.84 bits per heavy atom. The summed E-state index contributed by atoms with van der Waals surface area (Å²) in [5.74, 6) is 0.863. The average Bonchev–Trinajstić information content (AvgIpc) is 2.41. The Morgan fingerprint density at radius 3 is 2.42 bits per heavy atom. The maximum absolute atomic E-state index is 5.74. The van der Waals surface area contributed by atoms with E-state index in [1.165, 1.54) is 51.1 Å². The standard InChI is InChI=1S/C16H27N3/c1-3-10-18(2)13-14-8-11-19(12-9-14)16-6-4-15(17)5-7-16/h4-7,14H,3,8-13,17H2,1-2H3. The van der Waals surface area contributed by atoms with Crippen molar-refractivity contribution in [2.75, 3.05) is 43.9 Å². The molecular formula is C16H27N3. The smallest absolute Gasteiger partial charge is 0.0367 e. The Hall–Kier alpha value is -1.22. The predicted octanol–water partition coefficient (Wildman–Crippen LogP) is 2.83. The third-order valence-electron chi connectivity index (χ3n) is 4.05. The van der Waals surface area contributed by atoms with Crippen LogP contribution in [0.3, 0.4) is 0 Å². The monoisotopic (exact) mass is 261 g/mol. The van der Waals surface area contributed by atoms with Gasteiger partial charge in [-0.3, -0.25) is 0 Å². The van der Waals surface area contributed by atoms with E-state index < -0.39 is 0 Å². The third kappa shape index (κ3) is 4.13. The Kier molecular flexibility index (Phi) is 5.08. The summed E-state index contributed by atoms with van der Waals surface area (Å²) in [6.45, 7) is 7.07. The van der Waals surface area contributed by atoms with Crippen LogP contribution in [0.5, 0.6) is 0 Å². The van der Waals surface area contributed by atoms with Gasteiger partial charge in [-0.1, -0.05) is 6.92 Å². The van der Waals surface area contributed by atoms with E-state index in [1.54, 1.807) is 0 Å². The first kappa shape index (κ1) is 14.2. The molecule has 0 aromatic heterocycles. The lowest BCUT2D eigenvalue weighted by atomic mass is 9.96. The Labute approximate surface area is 117 Å². The number of anilines is 2. The summed E-state index contributed by atoms with van der Waals surface area (Å²) in [4.78, 5) is 4.96. The number of rotatable bonds is 5. The fraction of sp³-hybridized carbons (Fsp3) is 0.625. The van der Waals surface area contributed by atoms with E-state index in [9.17, 15) is 0 Å². The SMILES string of the molecule is CCCN(C)CC1CCN(c2ccc(N)cc2)CC1. The van der Waals surface area contributed by atoms with Gasteiger partial charge < -0.3 is 15.5 Å². The molecule has 106 valence electrons. The van der Waals surface area contributed by atoms with Crippen molar-refractivity contribution >= 4 is 11.4 Å². The maximum atomic E-state index is 5.74. The molecule has 1 aromatic rings. The van der Waals surface area contributed by atoms with Gasteiger partial charge in [0.15, 0.2) is 0 Å². The summed E-state index contributed by atoms with van der Waals surface area (Å²) in [6.07, 6.45) is 3.86. The lowest BCUT2D eigenvalue weighted by molar-refractivity contribution is 0.249. The van der Waals surface area contributed by atoms with Crippen molar-refractivity contribution in [3.8, 4) is 0 Å². The lowest BCUT2D eigenvalue weighted by Gasteiger charge is -2.35.